The molecule has 0 aliphatic carbocycles. The molecule has 0 saturated heterocycles. The van der Waals surface area contributed by atoms with Crippen LogP contribution in [0.15, 0.2) is 36.5 Å². The Hall–Kier alpha value is -2.47. The van der Waals surface area contributed by atoms with Crippen molar-refractivity contribution in [2.45, 2.75) is 13.5 Å². The minimum absolute atomic E-state index is 0.187. The quantitative estimate of drug-likeness (QED) is 0.814. The summed E-state index contributed by atoms with van der Waals surface area (Å²) < 4.78 is 0. The van der Waals surface area contributed by atoms with Crippen molar-refractivity contribution in [1.82, 2.24) is 20.2 Å². The van der Waals surface area contributed by atoms with Gasteiger partial charge in [-0.05, 0) is 32.6 Å². The average Bonchev–Trinajstić information content (AvgIpc) is 2.53. The number of anilines is 1. The molecule has 0 aliphatic heterocycles. The zero-order valence-corrected chi connectivity index (χ0v) is 13.8. The topological polar surface area (TPSA) is 70.2 Å². The third-order valence-electron chi connectivity index (χ3n) is 3.27. The Morgan fingerprint density at radius 1 is 1.26 bits per heavy atom. The molecule has 23 heavy (non-hydrogen) atoms. The molecule has 0 aliphatic rings. The summed E-state index contributed by atoms with van der Waals surface area (Å²) in [6.45, 7) is 4.04. The van der Waals surface area contributed by atoms with Crippen LogP contribution in [-0.4, -0.2) is 48.0 Å². The first-order valence-corrected chi connectivity index (χ1v) is 7.60. The van der Waals surface area contributed by atoms with Gasteiger partial charge in [-0.3, -0.25) is 4.79 Å². The molecule has 2 aromatic rings. The lowest BCUT2D eigenvalue weighted by molar-refractivity contribution is 0.0946. The van der Waals surface area contributed by atoms with E-state index in [2.05, 4.69) is 39.7 Å². The van der Waals surface area contributed by atoms with Crippen molar-refractivity contribution in [3.8, 4) is 0 Å². The van der Waals surface area contributed by atoms with Crippen LogP contribution in [0.5, 0.6) is 0 Å². The van der Waals surface area contributed by atoms with E-state index >= 15 is 0 Å². The lowest BCUT2D eigenvalue weighted by atomic mass is 10.1. The molecule has 1 amide bonds. The number of aryl methyl sites for hydroxylation is 1. The van der Waals surface area contributed by atoms with Crippen molar-refractivity contribution in [2.75, 3.05) is 32.5 Å². The van der Waals surface area contributed by atoms with E-state index in [1.807, 2.05) is 31.1 Å². The van der Waals surface area contributed by atoms with E-state index in [9.17, 15) is 4.79 Å². The number of hydrogen-bond acceptors (Lipinski definition) is 5. The van der Waals surface area contributed by atoms with Crippen molar-refractivity contribution >= 4 is 11.9 Å². The van der Waals surface area contributed by atoms with Crippen molar-refractivity contribution in [2.24, 2.45) is 0 Å². The van der Waals surface area contributed by atoms with Crippen LogP contribution in [0.25, 0.3) is 0 Å². The van der Waals surface area contributed by atoms with E-state index in [1.165, 1.54) is 5.56 Å². The van der Waals surface area contributed by atoms with Gasteiger partial charge in [0.25, 0.3) is 5.91 Å². The van der Waals surface area contributed by atoms with Crippen molar-refractivity contribution < 1.29 is 4.79 Å². The monoisotopic (exact) mass is 313 g/mol. The summed E-state index contributed by atoms with van der Waals surface area (Å²) in [5, 5.41) is 5.99. The molecular weight excluding hydrogens is 290 g/mol. The Morgan fingerprint density at radius 3 is 2.83 bits per heavy atom. The molecule has 1 heterocycles. The van der Waals surface area contributed by atoms with E-state index in [-0.39, 0.29) is 5.91 Å². The fourth-order valence-corrected chi connectivity index (χ4v) is 2.06. The van der Waals surface area contributed by atoms with Gasteiger partial charge in [0.1, 0.15) is 5.69 Å². The molecule has 1 aromatic carbocycles. The van der Waals surface area contributed by atoms with Crippen LogP contribution in [-0.2, 0) is 6.54 Å². The van der Waals surface area contributed by atoms with Gasteiger partial charge < -0.3 is 15.5 Å². The maximum absolute atomic E-state index is 12.0. The summed E-state index contributed by atoms with van der Waals surface area (Å²) >= 11 is 0. The van der Waals surface area contributed by atoms with Gasteiger partial charge in [-0.1, -0.05) is 29.8 Å². The standard InChI is InChI=1S/C17H23N5O/c1-13-5-4-6-14(11-13)12-20-17-19-8-7-15(21-17)16(23)18-9-10-22(2)3/h4-8,11H,9-10,12H2,1-3H3,(H,18,23)(H,19,20,21). The minimum atomic E-state index is -0.187. The number of likely N-dealkylation sites (N-methyl/N-ethyl adjacent to an activating group) is 1. The van der Waals surface area contributed by atoms with Gasteiger partial charge in [0, 0.05) is 25.8 Å². The van der Waals surface area contributed by atoms with Crippen LogP contribution in [0, 0.1) is 6.92 Å². The lowest BCUT2D eigenvalue weighted by Crippen LogP contribution is -2.31. The normalized spacial score (nSPS) is 10.6. The van der Waals surface area contributed by atoms with Crippen LogP contribution < -0.4 is 10.6 Å². The number of carbonyl (C=O) groups excluding carboxylic acids is 1. The Bertz CT molecular complexity index is 657. The summed E-state index contributed by atoms with van der Waals surface area (Å²) in [5.74, 6) is 0.264. The number of aromatic nitrogens is 2. The molecule has 0 bridgehead atoms. The Kier molecular flexibility index (Phi) is 6.05. The van der Waals surface area contributed by atoms with E-state index in [4.69, 9.17) is 0 Å². The molecule has 2 N–H and O–H groups in total. The lowest BCUT2D eigenvalue weighted by Gasteiger charge is -2.10. The number of amides is 1. The molecule has 0 spiro atoms. The van der Waals surface area contributed by atoms with E-state index in [0.29, 0.717) is 24.7 Å². The highest BCUT2D eigenvalue weighted by atomic mass is 16.1. The summed E-state index contributed by atoms with van der Waals surface area (Å²) in [6.07, 6.45) is 1.59. The highest BCUT2D eigenvalue weighted by molar-refractivity contribution is 5.92. The fraction of sp³-hybridized carbons (Fsp3) is 0.353. The first-order valence-electron chi connectivity index (χ1n) is 7.60. The fourth-order valence-electron chi connectivity index (χ4n) is 2.06. The van der Waals surface area contributed by atoms with Crippen molar-refractivity contribution in [3.63, 3.8) is 0 Å². The molecule has 0 atom stereocenters. The Balaban J connectivity index is 1.92. The molecule has 0 radical (unpaired) electrons. The van der Waals surface area contributed by atoms with Crippen LogP contribution in [0.2, 0.25) is 0 Å². The van der Waals surface area contributed by atoms with Gasteiger partial charge in [0.2, 0.25) is 5.95 Å². The van der Waals surface area contributed by atoms with Crippen molar-refractivity contribution in [1.29, 1.82) is 0 Å². The summed E-state index contributed by atoms with van der Waals surface area (Å²) in [5.41, 5.74) is 2.72. The summed E-state index contributed by atoms with van der Waals surface area (Å²) in [4.78, 5) is 22.5. The van der Waals surface area contributed by atoms with Crippen molar-refractivity contribution in [3.05, 3.63) is 53.3 Å². The van der Waals surface area contributed by atoms with Gasteiger partial charge in [0.05, 0.1) is 0 Å². The zero-order valence-electron chi connectivity index (χ0n) is 13.8. The molecule has 122 valence electrons. The van der Waals surface area contributed by atoms with Crippen LogP contribution in [0.1, 0.15) is 21.6 Å². The largest absolute Gasteiger partial charge is 0.350 e. The predicted octanol–water partition coefficient (Wildman–Crippen LogP) is 1.69. The maximum Gasteiger partial charge on any atom is 0.270 e. The second-order valence-corrected chi connectivity index (χ2v) is 5.67. The molecule has 0 fully saturated rings. The third-order valence-corrected chi connectivity index (χ3v) is 3.27. The number of hydrogen-bond donors (Lipinski definition) is 2. The average molecular weight is 313 g/mol. The SMILES string of the molecule is Cc1cccc(CNc2nccc(C(=O)NCCN(C)C)n2)c1. The van der Waals surface area contributed by atoms with Gasteiger partial charge in [0.15, 0.2) is 0 Å². The molecule has 0 saturated carbocycles. The molecule has 6 heteroatoms. The molecule has 1 aromatic heterocycles. The highest BCUT2D eigenvalue weighted by Gasteiger charge is 2.08. The number of nitrogens with zero attached hydrogens (tertiary/aromatic N) is 3. The zero-order chi connectivity index (χ0) is 16.7. The third kappa shape index (κ3) is 5.67. The Labute approximate surface area is 137 Å². The number of benzene rings is 1. The summed E-state index contributed by atoms with van der Waals surface area (Å²) in [7, 11) is 3.92. The van der Waals surface area contributed by atoms with Crippen LogP contribution in [0.3, 0.4) is 0 Å². The number of nitrogens with one attached hydrogen (secondary N) is 2. The van der Waals surface area contributed by atoms with Gasteiger partial charge in [-0.25, -0.2) is 9.97 Å². The van der Waals surface area contributed by atoms with E-state index in [0.717, 1.165) is 12.1 Å². The maximum atomic E-state index is 12.0. The smallest absolute Gasteiger partial charge is 0.270 e. The highest BCUT2D eigenvalue weighted by Crippen LogP contribution is 2.07. The number of carbonyl (C=O) groups is 1. The Morgan fingerprint density at radius 2 is 2.09 bits per heavy atom. The van der Waals surface area contributed by atoms with Gasteiger partial charge in [-0.15, -0.1) is 0 Å². The van der Waals surface area contributed by atoms with E-state index < -0.39 is 0 Å². The second kappa shape index (κ2) is 8.24. The van der Waals surface area contributed by atoms with Gasteiger partial charge in [-0.2, -0.15) is 0 Å². The molecule has 6 nitrogen and oxygen atoms in total. The minimum Gasteiger partial charge on any atom is -0.350 e. The second-order valence-electron chi connectivity index (χ2n) is 5.67. The van der Waals surface area contributed by atoms with Crippen LogP contribution >= 0.6 is 0 Å². The number of rotatable bonds is 7. The first-order chi connectivity index (χ1) is 11.0. The molecular formula is C17H23N5O. The van der Waals surface area contributed by atoms with Crippen LogP contribution in [0.4, 0.5) is 5.95 Å². The molecule has 2 rings (SSSR count). The van der Waals surface area contributed by atoms with E-state index in [1.54, 1.807) is 12.3 Å². The molecule has 0 unspecified atom stereocenters. The first kappa shape index (κ1) is 16.9. The predicted molar refractivity (Wildman–Crippen MR) is 91.4 cm³/mol. The summed E-state index contributed by atoms with van der Waals surface area (Å²) in [6, 6.07) is 9.83. The van der Waals surface area contributed by atoms with Gasteiger partial charge >= 0.3 is 0 Å².